The third kappa shape index (κ3) is 7.77. The number of halogens is 2. The van der Waals surface area contributed by atoms with E-state index < -0.39 is 28.5 Å². The molecular weight excluding hydrogens is 569 g/mol. The molecule has 0 spiro atoms. The number of nitrogens with one attached hydrogen (secondary N) is 1. The molecule has 0 unspecified atom stereocenters. The third-order valence-electron chi connectivity index (χ3n) is 6.61. The van der Waals surface area contributed by atoms with Gasteiger partial charge in [0.25, 0.3) is 10.0 Å². The second-order valence-electron chi connectivity index (χ2n) is 9.70. The first-order chi connectivity index (χ1) is 18.9. The molecule has 3 rings (SSSR count). The Hall–Kier alpha value is -3.07. The summed E-state index contributed by atoms with van der Waals surface area (Å²) in [6, 6.07) is 17.6. The number of hydrogen-bond acceptors (Lipinski definition) is 4. The van der Waals surface area contributed by atoms with E-state index in [0.29, 0.717) is 33.4 Å². The molecule has 1 atom stereocenters. The van der Waals surface area contributed by atoms with Gasteiger partial charge in [-0.3, -0.25) is 13.9 Å². The Morgan fingerprint density at radius 2 is 1.62 bits per heavy atom. The van der Waals surface area contributed by atoms with Crippen LogP contribution >= 0.6 is 23.2 Å². The van der Waals surface area contributed by atoms with Crippen molar-refractivity contribution in [3.63, 3.8) is 0 Å². The van der Waals surface area contributed by atoms with E-state index >= 15 is 0 Å². The average Bonchev–Trinajstić information content (AvgIpc) is 2.92. The van der Waals surface area contributed by atoms with E-state index in [1.807, 2.05) is 13.8 Å². The molecule has 10 heteroatoms. The summed E-state index contributed by atoms with van der Waals surface area (Å²) in [5, 5.41) is 3.55. The summed E-state index contributed by atoms with van der Waals surface area (Å²) >= 11 is 12.3. The van der Waals surface area contributed by atoms with Crippen LogP contribution in [-0.2, 0) is 26.2 Å². The highest BCUT2D eigenvalue weighted by atomic mass is 35.5. The van der Waals surface area contributed by atoms with Gasteiger partial charge in [-0.1, -0.05) is 78.5 Å². The van der Waals surface area contributed by atoms with Crippen LogP contribution in [0.15, 0.2) is 71.6 Å². The summed E-state index contributed by atoms with van der Waals surface area (Å²) < 4.78 is 28.9. The van der Waals surface area contributed by atoms with Crippen molar-refractivity contribution in [2.75, 3.05) is 17.4 Å². The molecule has 0 saturated heterocycles. The molecule has 3 aromatic carbocycles. The van der Waals surface area contributed by atoms with Crippen LogP contribution in [0.3, 0.4) is 0 Å². The first kappa shape index (κ1) is 31.5. The molecule has 7 nitrogen and oxygen atoms in total. The van der Waals surface area contributed by atoms with E-state index in [9.17, 15) is 18.0 Å². The first-order valence-electron chi connectivity index (χ1n) is 13.1. The molecule has 0 radical (unpaired) electrons. The Morgan fingerprint density at radius 3 is 2.25 bits per heavy atom. The van der Waals surface area contributed by atoms with E-state index in [0.717, 1.165) is 22.7 Å². The number of nitrogens with zero attached hydrogens (tertiary/aromatic N) is 2. The fourth-order valence-corrected chi connectivity index (χ4v) is 5.95. The molecule has 3 aromatic rings. The highest BCUT2D eigenvalue weighted by molar-refractivity contribution is 7.92. The maximum atomic E-state index is 14.0. The third-order valence-corrected chi connectivity index (χ3v) is 9.12. The quantitative estimate of drug-likeness (QED) is 0.252. The largest absolute Gasteiger partial charge is 0.354 e. The Bertz CT molecular complexity index is 1450. The van der Waals surface area contributed by atoms with Crippen LogP contribution in [0.2, 0.25) is 10.0 Å². The summed E-state index contributed by atoms with van der Waals surface area (Å²) in [5.74, 6) is -0.867. The molecule has 0 fully saturated rings. The zero-order chi connectivity index (χ0) is 29.4. The second-order valence-corrected chi connectivity index (χ2v) is 12.4. The molecule has 0 aliphatic carbocycles. The number of amides is 2. The van der Waals surface area contributed by atoms with Crippen molar-refractivity contribution < 1.29 is 18.0 Å². The van der Waals surface area contributed by atoms with E-state index in [2.05, 4.69) is 5.32 Å². The van der Waals surface area contributed by atoms with Crippen LogP contribution < -0.4 is 9.62 Å². The van der Waals surface area contributed by atoms with Gasteiger partial charge in [-0.05, 0) is 68.7 Å². The molecule has 0 aliphatic rings. The smallest absolute Gasteiger partial charge is 0.264 e. The van der Waals surface area contributed by atoms with E-state index in [4.69, 9.17) is 23.2 Å². The molecule has 0 bridgehead atoms. The zero-order valence-electron chi connectivity index (χ0n) is 23.2. The van der Waals surface area contributed by atoms with Gasteiger partial charge in [0.15, 0.2) is 0 Å². The number of benzene rings is 3. The van der Waals surface area contributed by atoms with Gasteiger partial charge < -0.3 is 10.2 Å². The number of anilines is 1. The Morgan fingerprint density at radius 1 is 0.950 bits per heavy atom. The lowest BCUT2D eigenvalue weighted by atomic mass is 10.1. The maximum Gasteiger partial charge on any atom is 0.264 e. The molecule has 0 heterocycles. The van der Waals surface area contributed by atoms with Crippen molar-refractivity contribution in [2.24, 2.45) is 0 Å². The fourth-order valence-electron chi connectivity index (χ4n) is 4.15. The van der Waals surface area contributed by atoms with Crippen molar-refractivity contribution >= 4 is 50.7 Å². The number of rotatable bonds is 12. The van der Waals surface area contributed by atoms with E-state index in [1.54, 1.807) is 68.4 Å². The molecule has 2 amide bonds. The minimum Gasteiger partial charge on any atom is -0.354 e. The maximum absolute atomic E-state index is 14.0. The van der Waals surface area contributed by atoms with Crippen LogP contribution in [0.25, 0.3) is 0 Å². The van der Waals surface area contributed by atoms with Crippen LogP contribution in [-0.4, -0.2) is 44.3 Å². The van der Waals surface area contributed by atoms with Crippen LogP contribution in [0.4, 0.5) is 5.69 Å². The SMILES string of the molecule is CCCCNC(=O)[C@@H](C)N(Cc1ccc(Cl)c(Cl)c1)C(=O)CN(c1ccccc1C)S(=O)(=O)c1ccc(C)cc1. The second kappa shape index (κ2) is 14.0. The summed E-state index contributed by atoms with van der Waals surface area (Å²) in [4.78, 5) is 28.5. The molecule has 0 saturated carbocycles. The van der Waals surface area contributed by atoms with E-state index in [1.165, 1.54) is 17.0 Å². The van der Waals surface area contributed by atoms with Gasteiger partial charge in [0.1, 0.15) is 12.6 Å². The summed E-state index contributed by atoms with van der Waals surface area (Å²) in [7, 11) is -4.12. The predicted octanol–water partition coefficient (Wildman–Crippen LogP) is 6.14. The molecular formula is C30H35Cl2N3O4S. The number of hydrogen-bond donors (Lipinski definition) is 1. The Balaban J connectivity index is 2.02. The van der Waals surface area contributed by atoms with Gasteiger partial charge in [0, 0.05) is 13.1 Å². The van der Waals surface area contributed by atoms with Crippen molar-refractivity contribution in [3.05, 3.63) is 93.5 Å². The summed E-state index contributed by atoms with van der Waals surface area (Å²) in [6.07, 6.45) is 1.71. The van der Waals surface area contributed by atoms with Gasteiger partial charge in [-0.25, -0.2) is 8.42 Å². The predicted molar refractivity (Wildman–Crippen MR) is 161 cm³/mol. The number of sulfonamides is 1. The molecule has 0 aromatic heterocycles. The normalized spacial score (nSPS) is 12.1. The lowest BCUT2D eigenvalue weighted by Gasteiger charge is -2.32. The van der Waals surface area contributed by atoms with Crippen LogP contribution in [0.5, 0.6) is 0 Å². The van der Waals surface area contributed by atoms with Gasteiger partial charge in [-0.15, -0.1) is 0 Å². The zero-order valence-corrected chi connectivity index (χ0v) is 25.5. The summed E-state index contributed by atoms with van der Waals surface area (Å²) in [5.41, 5.74) is 2.63. The molecule has 0 aliphatic heterocycles. The van der Waals surface area contributed by atoms with Gasteiger partial charge in [-0.2, -0.15) is 0 Å². The van der Waals surface area contributed by atoms with Crippen molar-refractivity contribution in [1.29, 1.82) is 0 Å². The molecule has 214 valence electrons. The van der Waals surface area contributed by atoms with Crippen molar-refractivity contribution in [1.82, 2.24) is 10.2 Å². The van der Waals surface area contributed by atoms with Crippen molar-refractivity contribution in [2.45, 2.75) is 58.0 Å². The van der Waals surface area contributed by atoms with Crippen molar-refractivity contribution in [3.8, 4) is 0 Å². The average molecular weight is 605 g/mol. The molecule has 1 N–H and O–H groups in total. The fraction of sp³-hybridized carbons (Fsp3) is 0.333. The lowest BCUT2D eigenvalue weighted by molar-refractivity contribution is -0.139. The minimum absolute atomic E-state index is 0.0320. The monoisotopic (exact) mass is 603 g/mol. The van der Waals surface area contributed by atoms with Gasteiger partial charge in [0.05, 0.1) is 20.6 Å². The standard InChI is InChI=1S/C30H35Cl2N3O4S/c1-5-6-17-33-30(37)23(4)34(19-24-13-16-26(31)27(32)18-24)29(36)20-35(28-10-8-7-9-22(28)3)40(38,39)25-14-11-21(2)12-15-25/h7-16,18,23H,5-6,17,19-20H2,1-4H3,(H,33,37)/t23-/m1/s1. The number of unbranched alkanes of at least 4 members (excludes halogenated alkanes) is 1. The Labute approximate surface area is 247 Å². The molecule has 40 heavy (non-hydrogen) atoms. The van der Waals surface area contributed by atoms with Gasteiger partial charge >= 0.3 is 0 Å². The number of carbonyl (C=O) groups excluding carboxylic acids is 2. The highest BCUT2D eigenvalue weighted by Crippen LogP contribution is 2.28. The summed E-state index contributed by atoms with van der Waals surface area (Å²) in [6.45, 7) is 7.31. The highest BCUT2D eigenvalue weighted by Gasteiger charge is 2.33. The number of carbonyl (C=O) groups is 2. The lowest BCUT2D eigenvalue weighted by Crippen LogP contribution is -2.51. The van der Waals surface area contributed by atoms with Crippen LogP contribution in [0.1, 0.15) is 43.4 Å². The topological polar surface area (TPSA) is 86.8 Å². The minimum atomic E-state index is -4.12. The number of para-hydroxylation sites is 1. The van der Waals surface area contributed by atoms with Crippen LogP contribution in [0, 0.1) is 13.8 Å². The number of aryl methyl sites for hydroxylation is 2. The van der Waals surface area contributed by atoms with Gasteiger partial charge in [0.2, 0.25) is 11.8 Å². The first-order valence-corrected chi connectivity index (χ1v) is 15.3. The van der Waals surface area contributed by atoms with E-state index in [-0.39, 0.29) is 17.3 Å². The Kier molecular flexibility index (Phi) is 11.0.